The minimum atomic E-state index is 0.389. The third kappa shape index (κ3) is 3.72. The molecule has 3 aromatic heterocycles. The van der Waals surface area contributed by atoms with Gasteiger partial charge in [-0.25, -0.2) is 19.9 Å². The van der Waals surface area contributed by atoms with E-state index in [1.54, 1.807) is 12.4 Å². The average molecular weight is 372 g/mol. The first-order valence-corrected chi connectivity index (χ1v) is 7.60. The molecule has 116 valence electrons. The summed E-state index contributed by atoms with van der Waals surface area (Å²) in [5.41, 5.74) is 7.61. The highest BCUT2D eigenvalue weighted by Crippen LogP contribution is 2.27. The molecule has 4 N–H and O–H groups in total. The Morgan fingerprint density at radius 3 is 2.35 bits per heavy atom. The summed E-state index contributed by atoms with van der Waals surface area (Å²) >= 11 is 3.34. The van der Waals surface area contributed by atoms with Crippen LogP contribution < -0.4 is 16.4 Å². The van der Waals surface area contributed by atoms with Crippen molar-refractivity contribution >= 4 is 44.9 Å². The Morgan fingerprint density at radius 2 is 1.70 bits per heavy atom. The zero-order valence-corrected chi connectivity index (χ0v) is 13.9. The molecule has 0 spiro atoms. The zero-order valence-electron chi connectivity index (χ0n) is 12.3. The van der Waals surface area contributed by atoms with Gasteiger partial charge in [0.05, 0.1) is 0 Å². The molecule has 3 aromatic rings. The Balaban J connectivity index is 1.84. The Bertz CT molecular complexity index is 820. The van der Waals surface area contributed by atoms with Crippen molar-refractivity contribution in [3.05, 3.63) is 53.0 Å². The lowest BCUT2D eigenvalue weighted by molar-refractivity contribution is 1.15. The van der Waals surface area contributed by atoms with E-state index in [1.165, 1.54) is 6.33 Å². The molecule has 0 atom stereocenters. The summed E-state index contributed by atoms with van der Waals surface area (Å²) in [5, 5.41) is 6.16. The number of nitrogens with two attached hydrogens (primary N) is 1. The SMILES string of the molecule is Cc1ccnc(Nc2ncnc(Nc3ccc(Br)cn3)c2N)c1. The van der Waals surface area contributed by atoms with Crippen molar-refractivity contribution in [3.8, 4) is 0 Å². The summed E-state index contributed by atoms with van der Waals surface area (Å²) < 4.78 is 0.895. The maximum absolute atomic E-state index is 6.13. The first kappa shape index (κ1) is 15.2. The number of rotatable bonds is 4. The molecule has 0 bridgehead atoms. The molecule has 23 heavy (non-hydrogen) atoms. The van der Waals surface area contributed by atoms with Crippen molar-refractivity contribution in [3.63, 3.8) is 0 Å². The van der Waals surface area contributed by atoms with Crippen molar-refractivity contribution in [2.24, 2.45) is 0 Å². The quantitative estimate of drug-likeness (QED) is 0.645. The number of hydrogen-bond acceptors (Lipinski definition) is 7. The smallest absolute Gasteiger partial charge is 0.160 e. The van der Waals surface area contributed by atoms with Gasteiger partial charge >= 0.3 is 0 Å². The molecule has 0 fully saturated rings. The van der Waals surface area contributed by atoms with Crippen LogP contribution in [-0.2, 0) is 0 Å². The number of aryl methyl sites for hydroxylation is 1. The van der Waals surface area contributed by atoms with Crippen molar-refractivity contribution in [1.82, 2.24) is 19.9 Å². The van der Waals surface area contributed by atoms with Gasteiger partial charge in [0.15, 0.2) is 11.6 Å². The number of nitrogens with one attached hydrogen (secondary N) is 2. The highest BCUT2D eigenvalue weighted by molar-refractivity contribution is 9.10. The lowest BCUT2D eigenvalue weighted by Gasteiger charge is -2.12. The maximum Gasteiger partial charge on any atom is 0.160 e. The molecule has 0 saturated heterocycles. The minimum Gasteiger partial charge on any atom is -0.393 e. The molecule has 3 heterocycles. The molecular formula is C15H14BrN7. The second-order valence-electron chi connectivity index (χ2n) is 4.81. The van der Waals surface area contributed by atoms with Gasteiger partial charge in [-0.3, -0.25) is 0 Å². The van der Waals surface area contributed by atoms with Crippen LogP contribution in [0.2, 0.25) is 0 Å². The van der Waals surface area contributed by atoms with Gasteiger partial charge in [-0.1, -0.05) is 0 Å². The molecule has 0 aliphatic carbocycles. The first-order chi connectivity index (χ1) is 11.1. The first-order valence-electron chi connectivity index (χ1n) is 6.80. The number of pyridine rings is 2. The monoisotopic (exact) mass is 371 g/mol. The van der Waals surface area contributed by atoms with E-state index in [2.05, 4.69) is 46.5 Å². The van der Waals surface area contributed by atoms with Crippen LogP contribution in [0.4, 0.5) is 29.0 Å². The van der Waals surface area contributed by atoms with Crippen molar-refractivity contribution < 1.29 is 0 Å². The number of nitrogens with zero attached hydrogens (tertiary/aromatic N) is 4. The molecule has 0 radical (unpaired) electrons. The third-order valence-corrected chi connectivity index (χ3v) is 3.49. The second-order valence-corrected chi connectivity index (χ2v) is 5.73. The summed E-state index contributed by atoms with van der Waals surface area (Å²) in [6.07, 6.45) is 4.84. The van der Waals surface area contributed by atoms with E-state index in [4.69, 9.17) is 5.73 Å². The van der Waals surface area contributed by atoms with Gasteiger partial charge in [0.2, 0.25) is 0 Å². The summed E-state index contributed by atoms with van der Waals surface area (Å²) in [5.74, 6) is 2.27. The van der Waals surface area contributed by atoms with Gasteiger partial charge in [-0.05, 0) is 52.7 Å². The van der Waals surface area contributed by atoms with Crippen LogP contribution in [0.5, 0.6) is 0 Å². The molecule has 7 nitrogen and oxygen atoms in total. The number of anilines is 5. The van der Waals surface area contributed by atoms with Gasteiger partial charge in [0.1, 0.15) is 23.7 Å². The Labute approximate surface area is 141 Å². The zero-order chi connectivity index (χ0) is 16.2. The summed E-state index contributed by atoms with van der Waals surface area (Å²) in [6, 6.07) is 7.52. The van der Waals surface area contributed by atoms with Crippen LogP contribution in [0.3, 0.4) is 0 Å². The number of aromatic nitrogens is 4. The third-order valence-electron chi connectivity index (χ3n) is 3.02. The van der Waals surface area contributed by atoms with Crippen LogP contribution in [0.25, 0.3) is 0 Å². The molecule has 0 aromatic carbocycles. The Morgan fingerprint density at radius 1 is 0.957 bits per heavy atom. The van der Waals surface area contributed by atoms with E-state index in [0.717, 1.165) is 10.0 Å². The Kier molecular flexibility index (Phi) is 4.33. The summed E-state index contributed by atoms with van der Waals surface area (Å²) in [4.78, 5) is 16.8. The molecule has 3 rings (SSSR count). The van der Waals surface area contributed by atoms with Crippen LogP contribution in [0.15, 0.2) is 47.5 Å². The largest absolute Gasteiger partial charge is 0.393 e. The van der Waals surface area contributed by atoms with Gasteiger partial charge < -0.3 is 16.4 Å². The van der Waals surface area contributed by atoms with Crippen molar-refractivity contribution in [2.75, 3.05) is 16.4 Å². The molecule has 0 amide bonds. The number of halogens is 1. The fourth-order valence-electron chi connectivity index (χ4n) is 1.89. The summed E-state index contributed by atoms with van der Waals surface area (Å²) in [6.45, 7) is 1.99. The summed E-state index contributed by atoms with van der Waals surface area (Å²) in [7, 11) is 0. The number of nitrogen functional groups attached to an aromatic ring is 1. The van der Waals surface area contributed by atoms with Crippen LogP contribution in [0, 0.1) is 6.92 Å². The second kappa shape index (κ2) is 6.57. The fourth-order valence-corrected chi connectivity index (χ4v) is 2.13. The Hall–Kier alpha value is -2.74. The van der Waals surface area contributed by atoms with E-state index in [0.29, 0.717) is 29.0 Å². The fraction of sp³-hybridized carbons (Fsp3) is 0.0667. The molecule has 0 aliphatic rings. The van der Waals surface area contributed by atoms with Crippen molar-refractivity contribution in [1.29, 1.82) is 0 Å². The van der Waals surface area contributed by atoms with E-state index in [-0.39, 0.29) is 0 Å². The molecule has 0 unspecified atom stereocenters. The average Bonchev–Trinajstić information content (AvgIpc) is 2.53. The minimum absolute atomic E-state index is 0.389. The van der Waals surface area contributed by atoms with Gasteiger partial charge in [-0.15, -0.1) is 0 Å². The van der Waals surface area contributed by atoms with Crippen LogP contribution >= 0.6 is 15.9 Å². The predicted octanol–water partition coefficient (Wildman–Crippen LogP) is 3.41. The van der Waals surface area contributed by atoms with Gasteiger partial charge in [-0.2, -0.15) is 0 Å². The molecule has 0 aliphatic heterocycles. The van der Waals surface area contributed by atoms with Gasteiger partial charge in [0, 0.05) is 16.9 Å². The van der Waals surface area contributed by atoms with Crippen LogP contribution in [-0.4, -0.2) is 19.9 Å². The lowest BCUT2D eigenvalue weighted by Crippen LogP contribution is -2.06. The van der Waals surface area contributed by atoms with E-state index in [9.17, 15) is 0 Å². The van der Waals surface area contributed by atoms with Gasteiger partial charge in [0.25, 0.3) is 0 Å². The van der Waals surface area contributed by atoms with E-state index < -0.39 is 0 Å². The standard InChI is InChI=1S/C15H14BrN7/c1-9-4-5-18-12(6-9)23-15-13(17)14(20-8-21-15)22-11-3-2-10(16)7-19-11/h2-8H,17H2,1H3,(H2,18,19,20,21,22,23). The maximum atomic E-state index is 6.13. The molecule has 8 heteroatoms. The normalized spacial score (nSPS) is 10.3. The topological polar surface area (TPSA) is 102 Å². The number of hydrogen-bond donors (Lipinski definition) is 3. The van der Waals surface area contributed by atoms with E-state index >= 15 is 0 Å². The molecule has 0 saturated carbocycles. The highest BCUT2D eigenvalue weighted by atomic mass is 79.9. The van der Waals surface area contributed by atoms with E-state index in [1.807, 2.05) is 31.2 Å². The molecular weight excluding hydrogens is 358 g/mol. The van der Waals surface area contributed by atoms with Crippen molar-refractivity contribution in [2.45, 2.75) is 6.92 Å². The highest BCUT2D eigenvalue weighted by Gasteiger charge is 2.09. The van der Waals surface area contributed by atoms with Crippen LogP contribution in [0.1, 0.15) is 5.56 Å². The lowest BCUT2D eigenvalue weighted by atomic mass is 10.3. The predicted molar refractivity (Wildman–Crippen MR) is 93.9 cm³/mol.